The van der Waals surface area contributed by atoms with Crippen molar-refractivity contribution in [2.75, 3.05) is 5.32 Å². The number of aromatic nitrogens is 2. The number of benzene rings is 1. The highest BCUT2D eigenvalue weighted by Gasteiger charge is 2.03. The Morgan fingerprint density at radius 1 is 1.00 bits per heavy atom. The largest absolute Gasteiger partial charge is 1.00 e. The van der Waals surface area contributed by atoms with Gasteiger partial charge in [0.05, 0.1) is 0 Å². The Morgan fingerprint density at radius 3 is 2.39 bits per heavy atom. The van der Waals surface area contributed by atoms with E-state index in [0.29, 0.717) is 0 Å². The second-order valence-corrected chi connectivity index (χ2v) is 4.31. The molecule has 0 atom stereocenters. The normalized spacial score (nSPS) is 9.78. The summed E-state index contributed by atoms with van der Waals surface area (Å²) < 4.78 is 0. The minimum atomic E-state index is 0. The first-order valence-corrected chi connectivity index (χ1v) is 5.72. The Kier molecular flexibility index (Phi) is 4.68. The van der Waals surface area contributed by atoms with Gasteiger partial charge in [-0.15, -0.1) is 0 Å². The number of hydrogen-bond donors (Lipinski definition) is 1. The smallest absolute Gasteiger partial charge is 0.134 e. The minimum absolute atomic E-state index is 0. The SMILES string of the molecule is Cc1cc(Nc2cccc(C)c2C)nc(C)n1.[Cl-]. The molecule has 0 unspecified atom stereocenters. The zero-order chi connectivity index (χ0) is 12.4. The monoisotopic (exact) mass is 262 g/mol. The molecule has 0 spiro atoms. The van der Waals surface area contributed by atoms with Crippen LogP contribution in [0.15, 0.2) is 24.3 Å². The van der Waals surface area contributed by atoms with Crippen molar-refractivity contribution in [1.82, 2.24) is 9.97 Å². The van der Waals surface area contributed by atoms with Crippen LogP contribution in [-0.4, -0.2) is 9.97 Å². The molecule has 1 aromatic heterocycles. The van der Waals surface area contributed by atoms with Crippen molar-refractivity contribution in [1.29, 1.82) is 0 Å². The fourth-order valence-electron chi connectivity index (χ4n) is 1.81. The molecule has 0 radical (unpaired) electrons. The second-order valence-electron chi connectivity index (χ2n) is 4.31. The predicted octanol–water partition coefficient (Wildman–Crippen LogP) is 0.458. The van der Waals surface area contributed by atoms with Gasteiger partial charge in [0.15, 0.2) is 0 Å². The lowest BCUT2D eigenvalue weighted by atomic mass is 10.1. The Balaban J connectivity index is 0.00000162. The first-order chi connectivity index (χ1) is 8.06. The van der Waals surface area contributed by atoms with Crippen LogP contribution >= 0.6 is 0 Å². The zero-order valence-corrected chi connectivity index (χ0v) is 11.8. The summed E-state index contributed by atoms with van der Waals surface area (Å²) in [5.74, 6) is 1.64. The highest BCUT2D eigenvalue weighted by molar-refractivity contribution is 5.62. The molecular formula is C14H17ClN3-. The lowest BCUT2D eigenvalue weighted by Crippen LogP contribution is -3.00. The molecular weight excluding hydrogens is 246 g/mol. The van der Waals surface area contributed by atoms with Crippen molar-refractivity contribution < 1.29 is 12.4 Å². The van der Waals surface area contributed by atoms with Crippen LogP contribution in [0, 0.1) is 27.7 Å². The van der Waals surface area contributed by atoms with E-state index in [1.54, 1.807) is 0 Å². The van der Waals surface area contributed by atoms with Crippen LogP contribution in [-0.2, 0) is 0 Å². The molecule has 2 aromatic rings. The van der Waals surface area contributed by atoms with Crippen molar-refractivity contribution in [2.45, 2.75) is 27.7 Å². The molecule has 0 saturated heterocycles. The third kappa shape index (κ3) is 3.20. The molecule has 96 valence electrons. The van der Waals surface area contributed by atoms with Gasteiger partial charge in [0.1, 0.15) is 11.6 Å². The van der Waals surface area contributed by atoms with Gasteiger partial charge in [0.2, 0.25) is 0 Å². The molecule has 1 heterocycles. The van der Waals surface area contributed by atoms with E-state index in [1.165, 1.54) is 11.1 Å². The van der Waals surface area contributed by atoms with E-state index in [1.807, 2.05) is 26.0 Å². The van der Waals surface area contributed by atoms with Crippen LogP contribution in [0.4, 0.5) is 11.5 Å². The van der Waals surface area contributed by atoms with Crippen LogP contribution in [0.2, 0.25) is 0 Å². The van der Waals surface area contributed by atoms with Crippen LogP contribution in [0.3, 0.4) is 0 Å². The van der Waals surface area contributed by atoms with Crippen LogP contribution in [0.5, 0.6) is 0 Å². The molecule has 0 aliphatic heterocycles. The molecule has 0 saturated carbocycles. The highest BCUT2D eigenvalue weighted by Crippen LogP contribution is 2.21. The maximum Gasteiger partial charge on any atom is 0.134 e. The van der Waals surface area contributed by atoms with Crippen molar-refractivity contribution >= 4 is 11.5 Å². The number of hydrogen-bond acceptors (Lipinski definition) is 3. The number of nitrogens with zero attached hydrogens (tertiary/aromatic N) is 2. The minimum Gasteiger partial charge on any atom is -1.00 e. The van der Waals surface area contributed by atoms with Gasteiger partial charge in [-0.3, -0.25) is 0 Å². The summed E-state index contributed by atoms with van der Waals surface area (Å²) in [7, 11) is 0. The number of rotatable bonds is 2. The topological polar surface area (TPSA) is 37.8 Å². The van der Waals surface area contributed by atoms with E-state index in [9.17, 15) is 0 Å². The molecule has 2 rings (SSSR count). The Morgan fingerprint density at radius 2 is 1.72 bits per heavy atom. The fourth-order valence-corrected chi connectivity index (χ4v) is 1.81. The maximum absolute atomic E-state index is 4.38. The highest BCUT2D eigenvalue weighted by atomic mass is 35.5. The number of anilines is 2. The summed E-state index contributed by atoms with van der Waals surface area (Å²) >= 11 is 0. The third-order valence-corrected chi connectivity index (χ3v) is 2.83. The average Bonchev–Trinajstić information content (AvgIpc) is 2.23. The van der Waals surface area contributed by atoms with Gasteiger partial charge < -0.3 is 17.7 Å². The lowest BCUT2D eigenvalue weighted by molar-refractivity contribution is -0.00000401. The Bertz CT molecular complexity index is 532. The molecule has 0 bridgehead atoms. The fraction of sp³-hybridized carbons (Fsp3) is 0.286. The van der Waals surface area contributed by atoms with Gasteiger partial charge in [-0.05, 0) is 44.9 Å². The number of aryl methyl sites for hydroxylation is 3. The quantitative estimate of drug-likeness (QED) is 0.855. The molecule has 4 heteroatoms. The number of nitrogens with one attached hydrogen (secondary N) is 1. The van der Waals surface area contributed by atoms with Gasteiger partial charge >= 0.3 is 0 Å². The molecule has 0 fully saturated rings. The predicted molar refractivity (Wildman–Crippen MR) is 70.7 cm³/mol. The summed E-state index contributed by atoms with van der Waals surface area (Å²) in [6, 6.07) is 8.17. The van der Waals surface area contributed by atoms with Crippen LogP contribution < -0.4 is 17.7 Å². The van der Waals surface area contributed by atoms with E-state index < -0.39 is 0 Å². The summed E-state index contributed by atoms with van der Waals surface area (Å²) in [6.07, 6.45) is 0. The first kappa shape index (κ1) is 14.5. The molecule has 0 aliphatic rings. The molecule has 3 nitrogen and oxygen atoms in total. The van der Waals surface area contributed by atoms with Gasteiger partial charge in [0, 0.05) is 17.4 Å². The van der Waals surface area contributed by atoms with Gasteiger partial charge in [-0.2, -0.15) is 0 Å². The van der Waals surface area contributed by atoms with Gasteiger partial charge in [0.25, 0.3) is 0 Å². The Labute approximate surface area is 114 Å². The van der Waals surface area contributed by atoms with E-state index in [0.717, 1.165) is 23.0 Å². The van der Waals surface area contributed by atoms with Gasteiger partial charge in [-0.1, -0.05) is 12.1 Å². The van der Waals surface area contributed by atoms with E-state index in [2.05, 4.69) is 41.3 Å². The summed E-state index contributed by atoms with van der Waals surface area (Å²) in [6.45, 7) is 8.10. The second kappa shape index (κ2) is 5.83. The third-order valence-electron chi connectivity index (χ3n) is 2.83. The van der Waals surface area contributed by atoms with E-state index in [-0.39, 0.29) is 12.4 Å². The van der Waals surface area contributed by atoms with Gasteiger partial charge in [-0.25, -0.2) is 9.97 Å². The summed E-state index contributed by atoms with van der Waals surface area (Å²) in [5.41, 5.74) is 4.60. The van der Waals surface area contributed by atoms with Crippen molar-refractivity contribution in [3.05, 3.63) is 46.9 Å². The van der Waals surface area contributed by atoms with E-state index >= 15 is 0 Å². The summed E-state index contributed by atoms with van der Waals surface area (Å²) in [5, 5.41) is 3.34. The molecule has 0 aliphatic carbocycles. The standard InChI is InChI=1S/C14H17N3.ClH/c1-9-6-5-7-13(11(9)3)17-14-8-10(2)15-12(4)16-14;/h5-8H,1-4H3,(H,15,16,17);1H/p-1. The molecule has 1 N–H and O–H groups in total. The zero-order valence-electron chi connectivity index (χ0n) is 11.1. The van der Waals surface area contributed by atoms with Crippen LogP contribution in [0.25, 0.3) is 0 Å². The van der Waals surface area contributed by atoms with Crippen molar-refractivity contribution in [3.63, 3.8) is 0 Å². The van der Waals surface area contributed by atoms with Crippen molar-refractivity contribution in [2.24, 2.45) is 0 Å². The first-order valence-electron chi connectivity index (χ1n) is 5.72. The average molecular weight is 263 g/mol. The molecule has 0 amide bonds. The van der Waals surface area contributed by atoms with Crippen molar-refractivity contribution in [3.8, 4) is 0 Å². The van der Waals surface area contributed by atoms with E-state index in [4.69, 9.17) is 0 Å². The van der Waals surface area contributed by atoms with Crippen LogP contribution in [0.1, 0.15) is 22.6 Å². The summed E-state index contributed by atoms with van der Waals surface area (Å²) in [4.78, 5) is 8.64. The maximum atomic E-state index is 4.38. The molecule has 1 aromatic carbocycles. The molecule has 18 heavy (non-hydrogen) atoms. The Hall–Kier alpha value is -1.61. The lowest BCUT2D eigenvalue weighted by Gasteiger charge is -2.11. The number of halogens is 1.